The number of carbonyl (C=O) groups excluding carboxylic acids is 1. The first-order valence-corrected chi connectivity index (χ1v) is 4.56. The number of carbonyl (C=O) groups is 1. The summed E-state index contributed by atoms with van der Waals surface area (Å²) in [7, 11) is 1.28. The molecule has 0 heterocycles. The van der Waals surface area contributed by atoms with Gasteiger partial charge in [0.15, 0.2) is 0 Å². The van der Waals surface area contributed by atoms with Gasteiger partial charge in [0.2, 0.25) is 0 Å². The van der Waals surface area contributed by atoms with E-state index in [1.54, 1.807) is 12.1 Å². The average molecular weight is 265 g/mol. The van der Waals surface area contributed by atoms with Gasteiger partial charge in [-0.2, -0.15) is 0 Å². The summed E-state index contributed by atoms with van der Waals surface area (Å²) in [6.07, 6.45) is 0. The van der Waals surface area contributed by atoms with E-state index < -0.39 is 5.97 Å². The lowest BCUT2D eigenvalue weighted by molar-refractivity contribution is 0.0602. The highest BCUT2D eigenvalue weighted by Gasteiger charge is 2.16. The summed E-state index contributed by atoms with van der Waals surface area (Å²) in [4.78, 5) is 11.2. The van der Waals surface area contributed by atoms with Crippen molar-refractivity contribution in [2.24, 2.45) is 0 Å². The Morgan fingerprint density at radius 2 is 2.23 bits per heavy atom. The largest absolute Gasteiger partial charge is 0.465 e. The molecule has 0 aromatic heterocycles. The molecule has 0 aliphatic heterocycles. The summed E-state index contributed by atoms with van der Waals surface area (Å²) in [5.41, 5.74) is 6.11. The summed E-state index contributed by atoms with van der Waals surface area (Å²) in [6.45, 7) is 0. The van der Waals surface area contributed by atoms with E-state index in [4.69, 9.17) is 17.3 Å². The molecule has 2 N–H and O–H groups in total. The van der Waals surface area contributed by atoms with Crippen molar-refractivity contribution < 1.29 is 9.53 Å². The third kappa shape index (κ3) is 1.95. The Balaban J connectivity index is 3.33. The lowest BCUT2D eigenvalue weighted by atomic mass is 10.2. The second-order valence-electron chi connectivity index (χ2n) is 2.31. The van der Waals surface area contributed by atoms with Crippen molar-refractivity contribution in [3.05, 3.63) is 27.2 Å². The molecule has 0 fully saturated rings. The van der Waals surface area contributed by atoms with E-state index in [1.165, 1.54) is 7.11 Å². The quantitative estimate of drug-likeness (QED) is 0.626. The van der Waals surface area contributed by atoms with Gasteiger partial charge in [0.1, 0.15) is 5.56 Å². The smallest absolute Gasteiger partial charge is 0.341 e. The third-order valence-electron chi connectivity index (χ3n) is 1.53. The third-order valence-corrected chi connectivity index (χ3v) is 2.54. The van der Waals surface area contributed by atoms with Gasteiger partial charge in [0, 0.05) is 4.47 Å². The fourth-order valence-electron chi connectivity index (χ4n) is 0.877. The molecule has 0 aliphatic rings. The second-order valence-corrected chi connectivity index (χ2v) is 3.57. The number of benzene rings is 1. The van der Waals surface area contributed by atoms with E-state index >= 15 is 0 Å². The number of nitrogen functional groups attached to an aromatic ring is 1. The number of ether oxygens (including phenoxy) is 1. The molecule has 0 spiro atoms. The molecule has 0 aliphatic carbocycles. The Morgan fingerprint density at radius 1 is 1.62 bits per heavy atom. The molecule has 0 bridgehead atoms. The normalized spacial score (nSPS) is 9.77. The van der Waals surface area contributed by atoms with Crippen LogP contribution in [0.4, 0.5) is 5.69 Å². The Bertz CT molecular complexity index is 354. The number of anilines is 1. The zero-order chi connectivity index (χ0) is 10.0. The van der Waals surface area contributed by atoms with Gasteiger partial charge in [0.05, 0.1) is 17.8 Å². The molecule has 1 aromatic carbocycles. The van der Waals surface area contributed by atoms with E-state index in [-0.39, 0.29) is 10.6 Å². The van der Waals surface area contributed by atoms with Crippen LogP contribution in [0.3, 0.4) is 0 Å². The maximum atomic E-state index is 11.2. The summed E-state index contributed by atoms with van der Waals surface area (Å²) in [5.74, 6) is -0.538. The van der Waals surface area contributed by atoms with Gasteiger partial charge in [-0.15, -0.1) is 0 Å². The van der Waals surface area contributed by atoms with Gasteiger partial charge in [-0.1, -0.05) is 11.6 Å². The van der Waals surface area contributed by atoms with Crippen molar-refractivity contribution in [2.75, 3.05) is 12.8 Å². The molecule has 13 heavy (non-hydrogen) atoms. The topological polar surface area (TPSA) is 52.3 Å². The minimum Gasteiger partial charge on any atom is -0.465 e. The standard InChI is InChI=1S/C8H7BrClNO2/c1-13-8(12)6-5(10)3-2-4(9)7(6)11/h2-3H,11H2,1H3. The highest BCUT2D eigenvalue weighted by molar-refractivity contribution is 9.10. The molecule has 5 heteroatoms. The zero-order valence-electron chi connectivity index (χ0n) is 6.80. The van der Waals surface area contributed by atoms with E-state index in [2.05, 4.69) is 20.7 Å². The number of methoxy groups -OCH3 is 1. The predicted octanol–water partition coefficient (Wildman–Crippen LogP) is 2.47. The van der Waals surface area contributed by atoms with Gasteiger partial charge in [-0.3, -0.25) is 0 Å². The highest BCUT2D eigenvalue weighted by Crippen LogP contribution is 2.29. The van der Waals surface area contributed by atoms with Crippen LogP contribution in [0, 0.1) is 0 Å². The molecular formula is C8H7BrClNO2. The number of nitrogens with two attached hydrogens (primary N) is 1. The Hall–Kier alpha value is -0.740. The molecular weight excluding hydrogens is 257 g/mol. The van der Waals surface area contributed by atoms with Gasteiger partial charge in [-0.05, 0) is 28.1 Å². The number of hydrogen-bond donors (Lipinski definition) is 1. The average Bonchev–Trinajstić information content (AvgIpc) is 2.12. The van der Waals surface area contributed by atoms with Crippen LogP contribution < -0.4 is 5.73 Å². The molecule has 0 radical (unpaired) electrons. The van der Waals surface area contributed by atoms with Crippen molar-refractivity contribution in [1.29, 1.82) is 0 Å². The summed E-state index contributed by atoms with van der Waals surface area (Å²) < 4.78 is 5.15. The van der Waals surface area contributed by atoms with Gasteiger partial charge >= 0.3 is 5.97 Å². The number of hydrogen-bond acceptors (Lipinski definition) is 3. The monoisotopic (exact) mass is 263 g/mol. The molecule has 3 nitrogen and oxygen atoms in total. The highest BCUT2D eigenvalue weighted by atomic mass is 79.9. The van der Waals surface area contributed by atoms with E-state index in [0.717, 1.165) is 0 Å². The fraction of sp³-hybridized carbons (Fsp3) is 0.125. The minimum absolute atomic E-state index is 0.193. The fourth-order valence-corrected chi connectivity index (χ4v) is 1.45. The molecule has 0 amide bonds. The lowest BCUT2D eigenvalue weighted by Crippen LogP contribution is -2.06. The van der Waals surface area contributed by atoms with Crippen LogP contribution in [0.1, 0.15) is 10.4 Å². The summed E-state index contributed by atoms with van der Waals surface area (Å²) in [5, 5.41) is 0.285. The molecule has 0 unspecified atom stereocenters. The molecule has 1 rings (SSSR count). The molecule has 70 valence electrons. The Morgan fingerprint density at radius 3 is 2.77 bits per heavy atom. The van der Waals surface area contributed by atoms with Crippen LogP contribution in [0.25, 0.3) is 0 Å². The van der Waals surface area contributed by atoms with Crippen molar-refractivity contribution in [1.82, 2.24) is 0 Å². The van der Waals surface area contributed by atoms with E-state index in [0.29, 0.717) is 10.2 Å². The lowest BCUT2D eigenvalue weighted by Gasteiger charge is -2.06. The van der Waals surface area contributed by atoms with Crippen molar-refractivity contribution >= 4 is 39.2 Å². The number of rotatable bonds is 1. The van der Waals surface area contributed by atoms with Gasteiger partial charge < -0.3 is 10.5 Å². The summed E-state index contributed by atoms with van der Waals surface area (Å²) >= 11 is 8.96. The summed E-state index contributed by atoms with van der Waals surface area (Å²) in [6, 6.07) is 3.25. The zero-order valence-corrected chi connectivity index (χ0v) is 9.15. The first-order chi connectivity index (χ1) is 6.07. The van der Waals surface area contributed by atoms with Crippen LogP contribution in [-0.4, -0.2) is 13.1 Å². The van der Waals surface area contributed by atoms with Gasteiger partial charge in [0.25, 0.3) is 0 Å². The molecule has 0 saturated carbocycles. The minimum atomic E-state index is -0.538. The second kappa shape index (κ2) is 3.98. The number of esters is 1. The van der Waals surface area contributed by atoms with Crippen LogP contribution in [0.2, 0.25) is 5.02 Å². The van der Waals surface area contributed by atoms with Crippen molar-refractivity contribution in [2.45, 2.75) is 0 Å². The Labute approximate surface area is 88.9 Å². The maximum absolute atomic E-state index is 11.2. The van der Waals surface area contributed by atoms with Crippen LogP contribution in [0.5, 0.6) is 0 Å². The molecule has 1 aromatic rings. The first-order valence-electron chi connectivity index (χ1n) is 3.39. The van der Waals surface area contributed by atoms with E-state index in [9.17, 15) is 4.79 Å². The molecule has 0 saturated heterocycles. The van der Waals surface area contributed by atoms with E-state index in [1.807, 2.05) is 0 Å². The van der Waals surface area contributed by atoms with Crippen LogP contribution in [-0.2, 0) is 4.74 Å². The van der Waals surface area contributed by atoms with Crippen molar-refractivity contribution in [3.63, 3.8) is 0 Å². The first kappa shape index (κ1) is 10.3. The van der Waals surface area contributed by atoms with Gasteiger partial charge in [-0.25, -0.2) is 4.79 Å². The van der Waals surface area contributed by atoms with Crippen LogP contribution >= 0.6 is 27.5 Å². The predicted molar refractivity (Wildman–Crippen MR) is 54.9 cm³/mol. The SMILES string of the molecule is COC(=O)c1c(Cl)ccc(Br)c1N. The number of halogens is 2. The molecule has 0 atom stereocenters. The maximum Gasteiger partial charge on any atom is 0.341 e. The van der Waals surface area contributed by atoms with Crippen molar-refractivity contribution in [3.8, 4) is 0 Å². The Kier molecular flexibility index (Phi) is 3.17. The van der Waals surface area contributed by atoms with Crippen LogP contribution in [0.15, 0.2) is 16.6 Å².